The van der Waals surface area contributed by atoms with E-state index in [-0.39, 0.29) is 13.2 Å². The van der Waals surface area contributed by atoms with Crippen molar-refractivity contribution in [1.82, 2.24) is 15.3 Å². The smallest absolute Gasteiger partial charge is 0.435 e. The van der Waals surface area contributed by atoms with E-state index < -0.39 is 55.4 Å². The monoisotopic (exact) mass is 415 g/mol. The zero-order valence-electron chi connectivity index (χ0n) is 14.5. The average Bonchev–Trinajstić information content (AvgIpc) is 3.02. The summed E-state index contributed by atoms with van der Waals surface area (Å²) >= 11 is 0. The fraction of sp³-hybridized carbons (Fsp3) is 0.643. The second-order valence-electron chi connectivity index (χ2n) is 6.64. The number of aromatic nitrogens is 2. The Labute approximate surface area is 151 Å². The number of halogens is 4. The Morgan fingerprint density at radius 1 is 1.41 bits per heavy atom. The molecule has 1 fully saturated rings. The van der Waals surface area contributed by atoms with Crippen LogP contribution in [0, 0.1) is 0 Å². The molecule has 2 aliphatic rings. The normalized spacial score (nSPS) is 21.4. The van der Waals surface area contributed by atoms with Crippen molar-refractivity contribution in [3.63, 3.8) is 0 Å². The van der Waals surface area contributed by atoms with E-state index in [9.17, 15) is 21.6 Å². The molecule has 0 radical (unpaired) electrons. The number of nitrogens with zero attached hydrogens (tertiary/aromatic N) is 2. The molecular formula is C14H17F4N3O5S. The molecule has 1 aromatic heterocycles. The Balaban J connectivity index is 2.08. The number of ether oxygens (including phenoxy) is 2. The van der Waals surface area contributed by atoms with Crippen LogP contribution in [0.2, 0.25) is 0 Å². The van der Waals surface area contributed by atoms with Crippen molar-refractivity contribution in [2.45, 2.75) is 37.2 Å². The van der Waals surface area contributed by atoms with Crippen LogP contribution >= 0.6 is 0 Å². The van der Waals surface area contributed by atoms with E-state index in [0.717, 1.165) is 13.1 Å². The van der Waals surface area contributed by atoms with Crippen LogP contribution in [0.25, 0.3) is 0 Å². The van der Waals surface area contributed by atoms with Crippen molar-refractivity contribution in [1.29, 1.82) is 0 Å². The zero-order valence-corrected chi connectivity index (χ0v) is 15.3. The highest BCUT2D eigenvalue weighted by atomic mass is 32.2. The molecule has 13 heteroatoms. The first kappa shape index (κ1) is 19.9. The van der Waals surface area contributed by atoms with Crippen molar-refractivity contribution in [2.75, 3.05) is 13.2 Å². The zero-order chi connectivity index (χ0) is 20.2. The molecule has 0 bridgehead atoms. The number of rotatable bonds is 5. The van der Waals surface area contributed by atoms with Crippen LogP contribution in [-0.4, -0.2) is 43.1 Å². The van der Waals surface area contributed by atoms with Gasteiger partial charge in [-0.2, -0.15) is 18.3 Å². The molecule has 8 nitrogen and oxygen atoms in total. The quantitative estimate of drug-likeness (QED) is 0.733. The third kappa shape index (κ3) is 3.62. The van der Waals surface area contributed by atoms with Gasteiger partial charge in [-0.25, -0.2) is 17.5 Å². The lowest BCUT2D eigenvalue weighted by molar-refractivity contribution is -0.142. The average molecular weight is 415 g/mol. The predicted molar refractivity (Wildman–Crippen MR) is 82.6 cm³/mol. The summed E-state index contributed by atoms with van der Waals surface area (Å²) < 4.78 is 91.1. The van der Waals surface area contributed by atoms with Gasteiger partial charge < -0.3 is 9.47 Å². The van der Waals surface area contributed by atoms with Gasteiger partial charge in [0.25, 0.3) is 0 Å². The van der Waals surface area contributed by atoms with E-state index in [1.165, 1.54) is 13.8 Å². The van der Waals surface area contributed by atoms with E-state index >= 15 is 4.39 Å². The van der Waals surface area contributed by atoms with Crippen molar-refractivity contribution in [3.8, 4) is 5.88 Å². The van der Waals surface area contributed by atoms with E-state index in [4.69, 9.17) is 14.3 Å². The van der Waals surface area contributed by atoms with Gasteiger partial charge in [0, 0.05) is 7.05 Å². The summed E-state index contributed by atoms with van der Waals surface area (Å²) in [6.07, 6.45) is -4.64. The van der Waals surface area contributed by atoms with Gasteiger partial charge in [0.15, 0.2) is 10.7 Å². The molecule has 2 aliphatic heterocycles. The number of aryl methyl sites for hydroxylation is 1. The molecule has 1 N–H and O–H groups in total. The first-order chi connectivity index (χ1) is 12.3. The highest BCUT2D eigenvalue weighted by Crippen LogP contribution is 2.44. The van der Waals surface area contributed by atoms with Crippen LogP contribution in [0.3, 0.4) is 0 Å². The van der Waals surface area contributed by atoms with Gasteiger partial charge in [0.2, 0.25) is 21.2 Å². The molecule has 1 saturated heterocycles. The summed E-state index contributed by atoms with van der Waals surface area (Å²) in [6, 6.07) is 0. The first-order valence-corrected chi connectivity index (χ1v) is 9.31. The number of hydrogen-bond acceptors (Lipinski definition) is 7. The Hall–Kier alpha value is -1.86. The second kappa shape index (κ2) is 6.34. The van der Waals surface area contributed by atoms with E-state index in [2.05, 4.69) is 5.10 Å². The minimum Gasteiger partial charge on any atom is -0.469 e. The maximum absolute atomic E-state index is 15.1. The third-order valence-electron chi connectivity index (χ3n) is 3.88. The van der Waals surface area contributed by atoms with E-state index in [0.29, 0.717) is 4.68 Å². The molecule has 3 heterocycles. The van der Waals surface area contributed by atoms with Gasteiger partial charge in [-0.3, -0.25) is 10.3 Å². The summed E-state index contributed by atoms with van der Waals surface area (Å²) in [5.41, 5.74) is -4.98. The highest BCUT2D eigenvalue weighted by molar-refractivity contribution is 7.95. The first-order valence-electron chi connectivity index (χ1n) is 7.76. The van der Waals surface area contributed by atoms with Crippen LogP contribution in [0.15, 0.2) is 11.1 Å². The molecule has 27 heavy (non-hydrogen) atoms. The van der Waals surface area contributed by atoms with Gasteiger partial charge in [0.05, 0.1) is 18.8 Å². The third-order valence-corrected chi connectivity index (χ3v) is 5.48. The maximum Gasteiger partial charge on any atom is 0.435 e. The lowest BCUT2D eigenvalue weighted by Crippen LogP contribution is -2.39. The van der Waals surface area contributed by atoms with Crippen molar-refractivity contribution < 1.29 is 40.3 Å². The van der Waals surface area contributed by atoms with Gasteiger partial charge in [0.1, 0.15) is 11.7 Å². The Bertz CT molecular complexity index is 874. The molecular weight excluding hydrogens is 398 g/mol. The molecule has 152 valence electrons. The maximum atomic E-state index is 15.1. The SMILES string of the molecule is Cn1nc(C(F)(F)F)c(C(F)S(=O)(=O)C2=CC(C)(C)ON2)c1OC1COC1. The van der Waals surface area contributed by atoms with Crippen molar-refractivity contribution in [2.24, 2.45) is 7.05 Å². The number of hydrogen-bond donors (Lipinski definition) is 1. The van der Waals surface area contributed by atoms with Gasteiger partial charge in [-0.05, 0) is 19.9 Å². The van der Waals surface area contributed by atoms with Crippen molar-refractivity contribution >= 4 is 9.84 Å². The van der Waals surface area contributed by atoms with Crippen LogP contribution in [0.4, 0.5) is 17.6 Å². The molecule has 1 aromatic rings. The fourth-order valence-electron chi connectivity index (χ4n) is 2.48. The minimum absolute atomic E-state index is 0.0877. The molecule has 0 amide bonds. The lowest BCUT2D eigenvalue weighted by atomic mass is 10.1. The van der Waals surface area contributed by atoms with Crippen LogP contribution in [0.5, 0.6) is 5.88 Å². The number of hydroxylamine groups is 1. The van der Waals surface area contributed by atoms with Gasteiger partial charge in [-0.15, -0.1) is 0 Å². The Morgan fingerprint density at radius 2 is 2.04 bits per heavy atom. The summed E-state index contributed by atoms with van der Waals surface area (Å²) in [6.45, 7) is 3.16. The standard InChI is InChI=1S/C14H17F4N3O5S/c1-13(2)4-8(20-26-13)27(22,23)11(15)9-10(14(16,17)18)19-21(3)12(9)25-7-5-24-6-7/h4,7,11,20H,5-6H2,1-3H3. The largest absolute Gasteiger partial charge is 0.469 e. The number of sulfone groups is 1. The predicted octanol–water partition coefficient (Wildman–Crippen LogP) is 1.75. The van der Waals surface area contributed by atoms with Gasteiger partial charge in [-0.1, -0.05) is 0 Å². The Kier molecular flexibility index (Phi) is 4.67. The molecule has 1 unspecified atom stereocenters. The molecule has 0 spiro atoms. The number of nitrogens with one attached hydrogen (secondary N) is 1. The highest BCUT2D eigenvalue weighted by Gasteiger charge is 2.48. The van der Waals surface area contributed by atoms with Gasteiger partial charge >= 0.3 is 6.18 Å². The molecule has 0 aromatic carbocycles. The Morgan fingerprint density at radius 3 is 2.48 bits per heavy atom. The second-order valence-corrected chi connectivity index (χ2v) is 8.59. The van der Waals surface area contributed by atoms with Crippen molar-refractivity contribution in [3.05, 3.63) is 22.4 Å². The van der Waals surface area contributed by atoms with E-state index in [1.54, 1.807) is 0 Å². The lowest BCUT2D eigenvalue weighted by Gasteiger charge is -2.27. The molecule has 3 rings (SSSR count). The molecule has 0 saturated carbocycles. The minimum atomic E-state index is -5.09. The van der Waals surface area contributed by atoms with Crippen LogP contribution in [0.1, 0.15) is 30.6 Å². The summed E-state index contributed by atoms with van der Waals surface area (Å²) in [7, 11) is -3.78. The molecule has 1 atom stereocenters. The van der Waals surface area contributed by atoms with Crippen LogP contribution in [-0.2, 0) is 32.6 Å². The fourth-order valence-corrected chi connectivity index (χ4v) is 3.83. The van der Waals surface area contributed by atoms with E-state index in [1.807, 2.05) is 5.48 Å². The number of alkyl halides is 4. The molecule has 0 aliphatic carbocycles. The summed E-state index contributed by atoms with van der Waals surface area (Å²) in [4.78, 5) is 4.97. The topological polar surface area (TPSA) is 91.7 Å². The summed E-state index contributed by atoms with van der Waals surface area (Å²) in [5, 5.41) is 2.56. The van der Waals surface area contributed by atoms with Crippen LogP contribution < -0.4 is 10.2 Å². The summed E-state index contributed by atoms with van der Waals surface area (Å²) in [5.74, 6) is -0.620.